The van der Waals surface area contributed by atoms with Gasteiger partial charge in [0, 0.05) is 19.6 Å². The second kappa shape index (κ2) is 4.59. The highest BCUT2D eigenvalue weighted by molar-refractivity contribution is 5.76. The molecule has 0 amide bonds. The molecule has 17 heavy (non-hydrogen) atoms. The maximum Gasteiger partial charge on any atom is 0.0616 e. The first kappa shape index (κ1) is 12.3. The van der Waals surface area contributed by atoms with Crippen molar-refractivity contribution < 1.29 is 0 Å². The number of fused-ring (bicyclic) bond motifs is 1. The van der Waals surface area contributed by atoms with Gasteiger partial charge in [0.25, 0.3) is 0 Å². The molecule has 0 bridgehead atoms. The molecule has 0 fully saturated rings. The molecule has 1 unspecified atom stereocenters. The highest BCUT2D eigenvalue weighted by Crippen LogP contribution is 2.37. The van der Waals surface area contributed by atoms with Gasteiger partial charge in [-0.25, -0.2) is 0 Å². The normalized spacial score (nSPS) is 19.5. The van der Waals surface area contributed by atoms with Crippen molar-refractivity contribution in [3.63, 3.8) is 0 Å². The highest BCUT2D eigenvalue weighted by atomic mass is 15.2. The molecule has 1 heterocycles. The maximum absolute atomic E-state index is 3.74. The lowest BCUT2D eigenvalue weighted by molar-refractivity contribution is 0.513. The molecule has 2 heteroatoms. The summed E-state index contributed by atoms with van der Waals surface area (Å²) in [6, 6.07) is 7.17. The predicted octanol–water partition coefficient (Wildman–Crippen LogP) is 3.70. The van der Waals surface area contributed by atoms with Crippen LogP contribution >= 0.6 is 0 Å². The second-order valence-electron chi connectivity index (χ2n) is 5.77. The third-order valence-corrected chi connectivity index (χ3v) is 3.71. The maximum atomic E-state index is 3.74. The van der Waals surface area contributed by atoms with Crippen LogP contribution in [0.25, 0.3) is 0 Å². The van der Waals surface area contributed by atoms with Gasteiger partial charge in [0.15, 0.2) is 0 Å². The first-order valence-corrected chi connectivity index (χ1v) is 6.61. The lowest BCUT2D eigenvalue weighted by Gasteiger charge is -2.38. The Hall–Kier alpha value is -1.18. The highest BCUT2D eigenvalue weighted by Gasteiger charge is 2.25. The quantitative estimate of drug-likeness (QED) is 0.836. The van der Waals surface area contributed by atoms with E-state index in [-0.39, 0.29) is 0 Å². The molecule has 1 aliphatic rings. The number of nitrogens with one attached hydrogen (secondary N) is 1. The van der Waals surface area contributed by atoms with E-state index in [0.717, 1.165) is 6.54 Å². The summed E-state index contributed by atoms with van der Waals surface area (Å²) in [5.41, 5.74) is 4.11. The van der Waals surface area contributed by atoms with Crippen LogP contribution in [0.1, 0.15) is 39.2 Å². The van der Waals surface area contributed by atoms with Gasteiger partial charge in [-0.2, -0.15) is 0 Å². The minimum atomic E-state index is 0.549. The molecule has 1 aromatic carbocycles. The molecule has 2 nitrogen and oxygen atoms in total. The zero-order valence-corrected chi connectivity index (χ0v) is 11.6. The van der Waals surface area contributed by atoms with E-state index >= 15 is 0 Å². The lowest BCUT2D eigenvalue weighted by Crippen LogP contribution is -2.42. The molecule has 1 aromatic rings. The Morgan fingerprint density at radius 3 is 2.53 bits per heavy atom. The second-order valence-corrected chi connectivity index (χ2v) is 5.77. The Morgan fingerprint density at radius 2 is 1.94 bits per heavy atom. The Balaban J connectivity index is 2.42. The molecule has 1 aliphatic heterocycles. The van der Waals surface area contributed by atoms with Crippen molar-refractivity contribution in [2.75, 3.05) is 23.8 Å². The van der Waals surface area contributed by atoms with Crippen molar-refractivity contribution in [3.8, 4) is 0 Å². The van der Waals surface area contributed by atoms with E-state index in [2.05, 4.69) is 63.2 Å². The van der Waals surface area contributed by atoms with Gasteiger partial charge in [0.05, 0.1) is 11.4 Å². The third kappa shape index (κ3) is 2.26. The summed E-state index contributed by atoms with van der Waals surface area (Å²) in [6.45, 7) is 10.2. The zero-order valence-electron chi connectivity index (χ0n) is 11.6. The standard InChI is InChI=1S/C15H24N2/c1-10(2)12-7-6-8-14-15(12)16-13(11(3)4)9-17(14)5/h6-8,10-11,13,16H,9H2,1-5H3. The van der Waals surface area contributed by atoms with Crippen molar-refractivity contribution in [2.45, 2.75) is 39.7 Å². The van der Waals surface area contributed by atoms with Gasteiger partial charge in [0.1, 0.15) is 0 Å². The van der Waals surface area contributed by atoms with Crippen LogP contribution in [0.5, 0.6) is 0 Å². The van der Waals surface area contributed by atoms with Gasteiger partial charge >= 0.3 is 0 Å². The van der Waals surface area contributed by atoms with Crippen molar-refractivity contribution in [3.05, 3.63) is 23.8 Å². The van der Waals surface area contributed by atoms with Gasteiger partial charge in [-0.05, 0) is 23.5 Å². The number of anilines is 2. The summed E-state index contributed by atoms with van der Waals surface area (Å²) >= 11 is 0. The lowest BCUT2D eigenvalue weighted by atomic mass is 9.94. The number of rotatable bonds is 2. The van der Waals surface area contributed by atoms with Crippen molar-refractivity contribution in [1.82, 2.24) is 0 Å². The van der Waals surface area contributed by atoms with E-state index in [9.17, 15) is 0 Å². The number of hydrogen-bond acceptors (Lipinski definition) is 2. The van der Waals surface area contributed by atoms with Crippen LogP contribution in [-0.2, 0) is 0 Å². The van der Waals surface area contributed by atoms with E-state index in [1.165, 1.54) is 16.9 Å². The molecular weight excluding hydrogens is 208 g/mol. The minimum absolute atomic E-state index is 0.549. The Bertz CT molecular complexity index is 382. The van der Waals surface area contributed by atoms with E-state index in [1.54, 1.807) is 0 Å². The molecule has 0 saturated heterocycles. The minimum Gasteiger partial charge on any atom is -0.378 e. The number of nitrogens with zero attached hydrogens (tertiary/aromatic N) is 1. The average molecular weight is 232 g/mol. The summed E-state index contributed by atoms with van der Waals surface area (Å²) in [4.78, 5) is 2.38. The van der Waals surface area contributed by atoms with Crippen LogP contribution in [0.4, 0.5) is 11.4 Å². The van der Waals surface area contributed by atoms with Gasteiger partial charge in [-0.15, -0.1) is 0 Å². The average Bonchev–Trinajstić information content (AvgIpc) is 2.27. The SMILES string of the molecule is CC(C)c1cccc2c1NC(C(C)C)CN2C. The number of likely N-dealkylation sites (N-methyl/N-ethyl adjacent to an activating group) is 1. The van der Waals surface area contributed by atoms with Crippen molar-refractivity contribution >= 4 is 11.4 Å². The molecule has 1 atom stereocenters. The fourth-order valence-corrected chi connectivity index (χ4v) is 2.52. The first-order valence-electron chi connectivity index (χ1n) is 6.61. The predicted molar refractivity (Wildman–Crippen MR) is 76.0 cm³/mol. The molecule has 0 radical (unpaired) electrons. The number of hydrogen-bond donors (Lipinski definition) is 1. The van der Waals surface area contributed by atoms with Crippen LogP contribution < -0.4 is 10.2 Å². The Morgan fingerprint density at radius 1 is 1.24 bits per heavy atom. The van der Waals surface area contributed by atoms with Crippen LogP contribution in [0, 0.1) is 5.92 Å². The summed E-state index contributed by atoms with van der Waals surface area (Å²) in [7, 11) is 2.19. The number of para-hydroxylation sites is 1. The molecule has 0 aliphatic carbocycles. The van der Waals surface area contributed by atoms with E-state index in [0.29, 0.717) is 17.9 Å². The Labute approximate surface area is 105 Å². The smallest absolute Gasteiger partial charge is 0.0616 e. The third-order valence-electron chi connectivity index (χ3n) is 3.71. The van der Waals surface area contributed by atoms with Gasteiger partial charge < -0.3 is 10.2 Å². The molecule has 1 N–H and O–H groups in total. The monoisotopic (exact) mass is 232 g/mol. The molecule has 0 aromatic heterocycles. The molecule has 0 spiro atoms. The fourth-order valence-electron chi connectivity index (χ4n) is 2.52. The van der Waals surface area contributed by atoms with Crippen molar-refractivity contribution in [1.29, 1.82) is 0 Å². The van der Waals surface area contributed by atoms with E-state index in [4.69, 9.17) is 0 Å². The van der Waals surface area contributed by atoms with Crippen LogP contribution in [0.2, 0.25) is 0 Å². The largest absolute Gasteiger partial charge is 0.378 e. The summed E-state index contributed by atoms with van der Waals surface area (Å²) in [5.74, 6) is 1.22. The van der Waals surface area contributed by atoms with Gasteiger partial charge in [0.2, 0.25) is 0 Å². The zero-order chi connectivity index (χ0) is 12.6. The van der Waals surface area contributed by atoms with E-state index in [1.807, 2.05) is 0 Å². The van der Waals surface area contributed by atoms with Crippen LogP contribution in [-0.4, -0.2) is 19.6 Å². The van der Waals surface area contributed by atoms with Gasteiger partial charge in [-0.1, -0.05) is 39.8 Å². The van der Waals surface area contributed by atoms with Crippen molar-refractivity contribution in [2.24, 2.45) is 5.92 Å². The molecule has 2 rings (SSSR count). The Kier molecular flexibility index (Phi) is 3.32. The summed E-state index contributed by atoms with van der Waals surface area (Å²) in [5, 5.41) is 3.74. The number of benzene rings is 1. The fraction of sp³-hybridized carbons (Fsp3) is 0.600. The summed E-state index contributed by atoms with van der Waals surface area (Å²) in [6.07, 6.45) is 0. The molecular formula is C15H24N2. The van der Waals surface area contributed by atoms with Gasteiger partial charge in [-0.3, -0.25) is 0 Å². The van der Waals surface area contributed by atoms with Crippen LogP contribution in [0.15, 0.2) is 18.2 Å². The molecule has 0 saturated carbocycles. The molecule has 94 valence electrons. The van der Waals surface area contributed by atoms with Crippen LogP contribution in [0.3, 0.4) is 0 Å². The topological polar surface area (TPSA) is 15.3 Å². The van der Waals surface area contributed by atoms with E-state index < -0.39 is 0 Å². The summed E-state index contributed by atoms with van der Waals surface area (Å²) < 4.78 is 0. The first-order chi connectivity index (χ1) is 8.00.